The van der Waals surface area contributed by atoms with E-state index in [0.717, 1.165) is 24.3 Å². The van der Waals surface area contributed by atoms with E-state index < -0.39 is 15.9 Å². The first-order chi connectivity index (χ1) is 6.56. The van der Waals surface area contributed by atoms with E-state index in [-0.39, 0.29) is 18.0 Å². The molecule has 6 heteroatoms. The molecule has 0 aliphatic heterocycles. The molecule has 0 fully saturated rings. The minimum absolute atomic E-state index is 0.0765. The van der Waals surface area contributed by atoms with Crippen LogP contribution < -0.4 is 5.73 Å². The zero-order valence-electron chi connectivity index (χ0n) is 7.31. The third-order valence-corrected chi connectivity index (χ3v) is 2.79. The molecule has 0 aromatic heterocycles. The third-order valence-electron chi connectivity index (χ3n) is 1.46. The van der Waals surface area contributed by atoms with Crippen molar-refractivity contribution in [2.45, 2.75) is 4.90 Å². The van der Waals surface area contributed by atoms with Crippen LogP contribution in [0.3, 0.4) is 0 Å². The number of benzene rings is 1. The van der Waals surface area contributed by atoms with E-state index in [1.165, 1.54) is 0 Å². The second-order valence-electron chi connectivity index (χ2n) is 2.52. The summed E-state index contributed by atoms with van der Waals surface area (Å²) in [5.41, 5.74) is 5.09. The van der Waals surface area contributed by atoms with Gasteiger partial charge in [-0.05, 0) is 24.3 Å². The fourth-order valence-corrected chi connectivity index (χ4v) is 1.75. The number of hydrogen-bond donors (Lipinski definition) is 1. The molecular weight excluding hydrogens is 209 g/mol. The summed E-state index contributed by atoms with van der Waals surface area (Å²) in [5.74, 6) is -0.497. The number of rotatable bonds is 4. The summed E-state index contributed by atoms with van der Waals surface area (Å²) in [7, 11) is -3.79. The highest BCUT2D eigenvalue weighted by molar-refractivity contribution is 7.86. The highest BCUT2D eigenvalue weighted by atomic mass is 32.2. The SMILES string of the molecule is NCCOS(=O)(=O)c1ccc(F)cc1. The normalized spacial score (nSPS) is 11.6. The molecule has 0 aliphatic rings. The lowest BCUT2D eigenvalue weighted by molar-refractivity contribution is 0.327. The van der Waals surface area contributed by atoms with Crippen molar-refractivity contribution >= 4 is 10.1 Å². The summed E-state index contributed by atoms with van der Waals surface area (Å²) < 4.78 is 39.6. The van der Waals surface area contributed by atoms with Crippen LogP contribution in [0.15, 0.2) is 29.2 Å². The smallest absolute Gasteiger partial charge is 0.297 e. The number of hydrogen-bond acceptors (Lipinski definition) is 4. The Hall–Kier alpha value is -0.980. The maximum absolute atomic E-state index is 12.5. The molecule has 0 atom stereocenters. The Kier molecular flexibility index (Phi) is 3.56. The lowest BCUT2D eigenvalue weighted by atomic mass is 10.4. The van der Waals surface area contributed by atoms with Gasteiger partial charge in [-0.2, -0.15) is 8.42 Å². The van der Waals surface area contributed by atoms with Gasteiger partial charge in [0, 0.05) is 6.54 Å². The minimum Gasteiger partial charge on any atom is -0.328 e. The van der Waals surface area contributed by atoms with Gasteiger partial charge in [-0.15, -0.1) is 0 Å². The molecule has 78 valence electrons. The first kappa shape index (κ1) is 11.1. The van der Waals surface area contributed by atoms with Crippen LogP contribution in [0.2, 0.25) is 0 Å². The van der Waals surface area contributed by atoms with Crippen molar-refractivity contribution in [3.8, 4) is 0 Å². The third kappa shape index (κ3) is 2.76. The first-order valence-corrected chi connectivity index (χ1v) is 5.32. The second kappa shape index (κ2) is 4.50. The van der Waals surface area contributed by atoms with Gasteiger partial charge >= 0.3 is 0 Å². The lowest BCUT2D eigenvalue weighted by Crippen LogP contribution is -2.14. The molecular formula is C8H10FNO3S. The molecule has 0 bridgehead atoms. The van der Waals surface area contributed by atoms with Gasteiger partial charge in [0.15, 0.2) is 0 Å². The van der Waals surface area contributed by atoms with Crippen molar-refractivity contribution < 1.29 is 17.0 Å². The predicted molar refractivity (Wildman–Crippen MR) is 48.6 cm³/mol. The zero-order chi connectivity index (χ0) is 10.6. The predicted octanol–water partition coefficient (Wildman–Crippen LogP) is 0.490. The molecule has 0 spiro atoms. The average Bonchev–Trinajstić information content (AvgIpc) is 2.16. The van der Waals surface area contributed by atoms with Gasteiger partial charge in [0.2, 0.25) is 0 Å². The molecule has 0 saturated heterocycles. The largest absolute Gasteiger partial charge is 0.328 e. The topological polar surface area (TPSA) is 69.4 Å². The van der Waals surface area contributed by atoms with E-state index in [1.807, 2.05) is 0 Å². The number of halogens is 1. The summed E-state index contributed by atoms with van der Waals surface area (Å²) in [6, 6.07) is 4.39. The van der Waals surface area contributed by atoms with E-state index in [0.29, 0.717) is 0 Å². The highest BCUT2D eigenvalue weighted by Crippen LogP contribution is 2.12. The van der Waals surface area contributed by atoms with E-state index >= 15 is 0 Å². The van der Waals surface area contributed by atoms with Crippen LogP contribution in [-0.4, -0.2) is 21.6 Å². The van der Waals surface area contributed by atoms with Crippen LogP contribution in [0.1, 0.15) is 0 Å². The van der Waals surface area contributed by atoms with Crippen LogP contribution in [0.5, 0.6) is 0 Å². The number of nitrogens with two attached hydrogens (primary N) is 1. The molecule has 4 nitrogen and oxygen atoms in total. The Balaban J connectivity index is 2.87. The Morgan fingerprint density at radius 1 is 1.29 bits per heavy atom. The van der Waals surface area contributed by atoms with E-state index in [9.17, 15) is 12.8 Å². The Bertz CT molecular complexity index is 388. The van der Waals surface area contributed by atoms with Crippen LogP contribution in [0, 0.1) is 5.82 Å². The van der Waals surface area contributed by atoms with Gasteiger partial charge in [-0.1, -0.05) is 0 Å². The monoisotopic (exact) mass is 219 g/mol. The first-order valence-electron chi connectivity index (χ1n) is 3.91. The molecule has 0 heterocycles. The van der Waals surface area contributed by atoms with E-state index in [4.69, 9.17) is 5.73 Å². The highest BCUT2D eigenvalue weighted by Gasteiger charge is 2.13. The Morgan fingerprint density at radius 2 is 1.86 bits per heavy atom. The van der Waals surface area contributed by atoms with Crippen molar-refractivity contribution in [2.75, 3.05) is 13.2 Å². The second-order valence-corrected chi connectivity index (χ2v) is 4.13. The summed E-state index contributed by atoms with van der Waals surface area (Å²) in [6.45, 7) is 0.0279. The molecule has 2 N–H and O–H groups in total. The fraction of sp³-hybridized carbons (Fsp3) is 0.250. The standard InChI is InChI=1S/C8H10FNO3S/c9-7-1-3-8(4-2-7)14(11,12)13-6-5-10/h1-4H,5-6,10H2. The van der Waals surface area contributed by atoms with E-state index in [1.54, 1.807) is 0 Å². The van der Waals surface area contributed by atoms with Crippen LogP contribution in [0.4, 0.5) is 4.39 Å². The van der Waals surface area contributed by atoms with Gasteiger partial charge in [-0.25, -0.2) is 4.39 Å². The Labute approximate surface area is 81.6 Å². The molecule has 1 aromatic carbocycles. The van der Waals surface area contributed by atoms with Crippen molar-refractivity contribution in [1.82, 2.24) is 0 Å². The van der Waals surface area contributed by atoms with Crippen molar-refractivity contribution in [3.05, 3.63) is 30.1 Å². The molecule has 0 aliphatic carbocycles. The molecule has 0 unspecified atom stereocenters. The summed E-state index contributed by atoms with van der Waals surface area (Å²) >= 11 is 0. The zero-order valence-corrected chi connectivity index (χ0v) is 8.13. The van der Waals surface area contributed by atoms with Crippen molar-refractivity contribution in [2.24, 2.45) is 5.73 Å². The molecule has 0 saturated carbocycles. The van der Waals surface area contributed by atoms with Gasteiger partial charge in [0.1, 0.15) is 5.82 Å². The van der Waals surface area contributed by atoms with Crippen LogP contribution in [-0.2, 0) is 14.3 Å². The summed E-state index contributed by atoms with van der Waals surface area (Å²) in [5, 5.41) is 0. The average molecular weight is 219 g/mol. The fourth-order valence-electron chi connectivity index (χ4n) is 0.827. The molecule has 0 radical (unpaired) electrons. The lowest BCUT2D eigenvalue weighted by Gasteiger charge is -2.03. The molecule has 0 amide bonds. The van der Waals surface area contributed by atoms with Gasteiger partial charge < -0.3 is 5.73 Å². The molecule has 1 rings (SSSR count). The van der Waals surface area contributed by atoms with Gasteiger partial charge in [0.05, 0.1) is 11.5 Å². The summed E-state index contributed by atoms with van der Waals surface area (Å²) in [4.78, 5) is -0.0765. The van der Waals surface area contributed by atoms with Gasteiger partial charge in [0.25, 0.3) is 10.1 Å². The molecule has 14 heavy (non-hydrogen) atoms. The van der Waals surface area contributed by atoms with E-state index in [2.05, 4.69) is 4.18 Å². The quantitative estimate of drug-likeness (QED) is 0.748. The maximum Gasteiger partial charge on any atom is 0.297 e. The molecule has 1 aromatic rings. The van der Waals surface area contributed by atoms with Crippen LogP contribution >= 0.6 is 0 Å². The van der Waals surface area contributed by atoms with Crippen molar-refractivity contribution in [1.29, 1.82) is 0 Å². The minimum atomic E-state index is -3.79. The maximum atomic E-state index is 12.5. The summed E-state index contributed by atoms with van der Waals surface area (Å²) in [6.07, 6.45) is 0. The van der Waals surface area contributed by atoms with Crippen molar-refractivity contribution in [3.63, 3.8) is 0 Å². The van der Waals surface area contributed by atoms with Crippen LogP contribution in [0.25, 0.3) is 0 Å². The van der Waals surface area contributed by atoms with Gasteiger partial charge in [-0.3, -0.25) is 4.18 Å². The Morgan fingerprint density at radius 3 is 2.36 bits per heavy atom.